The molecule has 2 aliphatic rings. The first-order chi connectivity index (χ1) is 22.1. The predicted octanol–water partition coefficient (Wildman–Crippen LogP) is 0.874. The number of amides is 3. The normalized spacial score (nSPS) is 21.5. The summed E-state index contributed by atoms with van der Waals surface area (Å²) in [6.07, 6.45) is 3.74. The Bertz CT molecular complexity index is 1490. The zero-order chi connectivity index (χ0) is 34.9. The number of aldehydes is 1. The van der Waals surface area contributed by atoms with E-state index >= 15 is 0 Å². The molecule has 3 atom stereocenters. The molecule has 258 valence electrons. The summed E-state index contributed by atoms with van der Waals surface area (Å²) in [5.41, 5.74) is -0.0390. The van der Waals surface area contributed by atoms with Gasteiger partial charge in [0.05, 0.1) is 36.0 Å². The molecular weight excluding hydrogens is 644 g/mol. The number of likely N-dealkylation sites (N-methyl/N-ethyl adjacent to an activating group) is 1. The van der Waals surface area contributed by atoms with Crippen molar-refractivity contribution in [2.45, 2.75) is 69.4 Å². The lowest BCUT2D eigenvalue weighted by atomic mass is 9.81. The largest absolute Gasteiger partial charge is 0.747 e. The summed E-state index contributed by atoms with van der Waals surface area (Å²) in [5, 5.41) is 22.5. The van der Waals surface area contributed by atoms with E-state index in [0.29, 0.717) is 25.7 Å². The van der Waals surface area contributed by atoms with Gasteiger partial charge in [-0.1, -0.05) is 0 Å². The summed E-state index contributed by atoms with van der Waals surface area (Å²) < 4.78 is 38.9. The van der Waals surface area contributed by atoms with Gasteiger partial charge in [-0.05, 0) is 76.3 Å². The van der Waals surface area contributed by atoms with Gasteiger partial charge in [0.1, 0.15) is 33.6 Å². The second-order valence-corrected chi connectivity index (χ2v) is 13.0. The fraction of sp³-hybridized carbons (Fsp3) is 0.552. The molecule has 3 unspecified atom stereocenters. The van der Waals surface area contributed by atoms with E-state index in [4.69, 9.17) is 4.74 Å². The topological polar surface area (TPSA) is 243 Å². The van der Waals surface area contributed by atoms with Crippen LogP contribution in [0.5, 0.6) is 5.75 Å². The van der Waals surface area contributed by atoms with Crippen LogP contribution in [-0.2, 0) is 38.9 Å². The maximum absolute atomic E-state index is 13.1. The molecule has 0 bridgehead atoms. The second-order valence-electron chi connectivity index (χ2n) is 11.4. The van der Waals surface area contributed by atoms with Gasteiger partial charge in [-0.2, -0.15) is 0 Å². The fourth-order valence-electron chi connectivity index (χ4n) is 5.42. The van der Waals surface area contributed by atoms with Crippen LogP contribution in [0.25, 0.3) is 0 Å². The van der Waals surface area contributed by atoms with Crippen molar-refractivity contribution in [2.75, 3.05) is 20.2 Å². The minimum absolute atomic E-state index is 0.0177. The zero-order valence-electron chi connectivity index (χ0n) is 25.8. The molecule has 1 aromatic rings. The predicted molar refractivity (Wildman–Crippen MR) is 160 cm³/mol. The molecule has 3 amide bonds. The van der Waals surface area contributed by atoms with Crippen molar-refractivity contribution in [1.82, 2.24) is 15.3 Å². The van der Waals surface area contributed by atoms with Crippen LogP contribution < -0.4 is 10.1 Å². The van der Waals surface area contributed by atoms with Crippen molar-refractivity contribution in [3.8, 4) is 5.75 Å². The smallest absolute Gasteiger partial charge is 0.333 e. The first-order valence-corrected chi connectivity index (χ1v) is 16.3. The number of hydroxylamine groups is 2. The molecular formula is C29H37N4O13S-. The van der Waals surface area contributed by atoms with Gasteiger partial charge < -0.3 is 24.6 Å². The highest BCUT2D eigenvalue weighted by molar-refractivity contribution is 7.87. The summed E-state index contributed by atoms with van der Waals surface area (Å²) in [4.78, 5) is 76.9. The van der Waals surface area contributed by atoms with Crippen LogP contribution in [0.3, 0.4) is 0 Å². The van der Waals surface area contributed by atoms with Gasteiger partial charge in [-0.3, -0.25) is 34.2 Å². The number of rotatable bonds is 16. The molecule has 47 heavy (non-hydrogen) atoms. The van der Waals surface area contributed by atoms with Crippen LogP contribution >= 0.6 is 0 Å². The number of nitrogens with zero attached hydrogens (tertiary/aromatic N) is 3. The maximum atomic E-state index is 13.1. The summed E-state index contributed by atoms with van der Waals surface area (Å²) in [5.74, 6) is -3.70. The first kappa shape index (κ1) is 37.2. The van der Waals surface area contributed by atoms with Gasteiger partial charge in [0.15, 0.2) is 0 Å². The number of nitrogens with one attached hydrogen (secondary N) is 1. The third-order valence-corrected chi connectivity index (χ3v) is 9.06. The second kappa shape index (κ2) is 16.5. The maximum Gasteiger partial charge on any atom is 0.333 e. The van der Waals surface area contributed by atoms with E-state index < -0.39 is 56.8 Å². The average Bonchev–Trinajstić information content (AvgIpc) is 3.30. The minimum Gasteiger partial charge on any atom is -0.747 e. The number of imide groups is 1. The Morgan fingerprint density at radius 3 is 2.51 bits per heavy atom. The Morgan fingerprint density at radius 2 is 1.91 bits per heavy atom. The molecule has 1 aliphatic heterocycles. The molecule has 1 aliphatic carbocycles. The Hall–Kier alpha value is -4.26. The number of nitro benzene ring substituents is 1. The number of allylic oxidation sites excluding steroid dienone is 1. The van der Waals surface area contributed by atoms with Crippen LogP contribution in [0.4, 0.5) is 5.69 Å². The van der Waals surface area contributed by atoms with Crippen molar-refractivity contribution >= 4 is 45.8 Å². The number of nitro groups is 1. The van der Waals surface area contributed by atoms with Crippen molar-refractivity contribution in [3.63, 3.8) is 0 Å². The van der Waals surface area contributed by atoms with E-state index in [0.717, 1.165) is 12.8 Å². The monoisotopic (exact) mass is 681 g/mol. The third kappa shape index (κ3) is 10.4. The number of benzene rings is 1. The molecule has 1 aromatic carbocycles. The first-order valence-electron chi connectivity index (χ1n) is 14.9. The SMILES string of the molecule is CC(NC(=O)C1CCC(CN(C)C(O)/C=C\C=O)CC1)c1cc(OCCCC(=O)ON2C(=O)CC(S(=O)(=O)[O-])C2=O)ccc1[N+](=O)[O-]. The van der Waals surface area contributed by atoms with E-state index in [1.54, 1.807) is 18.9 Å². The minimum atomic E-state index is -5.10. The number of aliphatic hydroxyl groups is 1. The average molecular weight is 682 g/mol. The molecule has 17 nitrogen and oxygen atoms in total. The van der Waals surface area contributed by atoms with Crippen molar-refractivity contribution in [3.05, 3.63) is 46.0 Å². The zero-order valence-corrected chi connectivity index (χ0v) is 26.6. The Morgan fingerprint density at radius 1 is 1.23 bits per heavy atom. The molecule has 2 fully saturated rings. The Kier molecular flexibility index (Phi) is 13.1. The van der Waals surface area contributed by atoms with Crippen molar-refractivity contribution in [1.29, 1.82) is 0 Å². The summed E-state index contributed by atoms with van der Waals surface area (Å²) in [6, 6.07) is 3.24. The van der Waals surface area contributed by atoms with Gasteiger partial charge in [0.25, 0.3) is 17.5 Å². The van der Waals surface area contributed by atoms with E-state index in [2.05, 4.69) is 10.2 Å². The molecule has 3 rings (SSSR count). The highest BCUT2D eigenvalue weighted by Gasteiger charge is 2.45. The number of hydrogen-bond acceptors (Lipinski definition) is 14. The number of carbonyl (C=O) groups excluding carboxylic acids is 5. The number of carbonyl (C=O) groups is 5. The quantitative estimate of drug-likeness (QED) is 0.0360. The summed E-state index contributed by atoms with van der Waals surface area (Å²) in [6.45, 7) is 2.11. The third-order valence-electron chi connectivity index (χ3n) is 8.00. The van der Waals surface area contributed by atoms with Crippen LogP contribution in [-0.4, -0.2) is 94.6 Å². The van der Waals surface area contributed by atoms with Gasteiger partial charge in [0.2, 0.25) is 5.91 Å². The lowest BCUT2D eigenvalue weighted by molar-refractivity contribution is -0.385. The van der Waals surface area contributed by atoms with Gasteiger partial charge in [-0.25, -0.2) is 13.2 Å². The molecule has 0 spiro atoms. The number of hydrogen-bond donors (Lipinski definition) is 2. The van der Waals surface area contributed by atoms with Crippen LogP contribution in [0, 0.1) is 22.0 Å². The van der Waals surface area contributed by atoms with Crippen LogP contribution in [0.1, 0.15) is 63.5 Å². The molecule has 2 N–H and O–H groups in total. The Labute approximate surface area is 270 Å². The van der Waals surface area contributed by atoms with E-state index in [1.165, 1.54) is 30.4 Å². The van der Waals surface area contributed by atoms with E-state index in [1.807, 2.05) is 0 Å². The number of ether oxygens (including phenoxy) is 1. The van der Waals surface area contributed by atoms with Gasteiger partial charge in [0, 0.05) is 18.5 Å². The van der Waals surface area contributed by atoms with Crippen molar-refractivity contribution in [2.24, 2.45) is 11.8 Å². The summed E-state index contributed by atoms with van der Waals surface area (Å²) in [7, 11) is -3.36. The van der Waals surface area contributed by atoms with Crippen LogP contribution in [0.15, 0.2) is 30.4 Å². The molecule has 1 saturated heterocycles. The lowest BCUT2D eigenvalue weighted by Gasteiger charge is -2.32. The van der Waals surface area contributed by atoms with Crippen molar-refractivity contribution < 1.29 is 56.5 Å². The van der Waals surface area contributed by atoms with Gasteiger partial charge in [-0.15, -0.1) is 5.06 Å². The molecule has 0 radical (unpaired) electrons. The summed E-state index contributed by atoms with van der Waals surface area (Å²) >= 11 is 0. The number of aliphatic hydroxyl groups excluding tert-OH is 1. The van der Waals surface area contributed by atoms with Crippen LogP contribution in [0.2, 0.25) is 0 Å². The highest BCUT2D eigenvalue weighted by Crippen LogP contribution is 2.33. The molecule has 1 saturated carbocycles. The van der Waals surface area contributed by atoms with Gasteiger partial charge >= 0.3 is 5.97 Å². The Balaban J connectivity index is 1.50. The molecule has 18 heteroatoms. The fourth-order valence-corrected chi connectivity index (χ4v) is 6.11. The van der Waals surface area contributed by atoms with E-state index in [-0.39, 0.29) is 59.3 Å². The highest BCUT2D eigenvalue weighted by atomic mass is 32.2. The van der Waals surface area contributed by atoms with E-state index in [9.17, 15) is 52.2 Å². The molecule has 1 heterocycles. The lowest BCUT2D eigenvalue weighted by Crippen LogP contribution is -2.38. The molecule has 0 aromatic heterocycles. The standard InChI is InChI=1S/C29H38N4O13S/c1-18(30-28(38)20-9-7-19(8-10-20)17-31(2)25(35)5-3-13-34)22-15-21(11-12-23(22)33(40)41)45-14-4-6-27(37)46-32-26(36)16-24(29(32)39)47(42,43)44/h3,5,11-13,15,18-20,24-25,35H,4,6-10,14,16-17H2,1-2H3,(H,30,38)(H,42,43,44)/p-1/b5-3-.